The summed E-state index contributed by atoms with van der Waals surface area (Å²) in [6, 6.07) is 14.6. The van der Waals surface area contributed by atoms with E-state index in [1.807, 2.05) is 48.0 Å². The van der Waals surface area contributed by atoms with Gasteiger partial charge in [-0.3, -0.25) is 4.79 Å². The van der Waals surface area contributed by atoms with Crippen molar-refractivity contribution in [1.29, 1.82) is 0 Å². The van der Waals surface area contributed by atoms with E-state index in [9.17, 15) is 4.79 Å². The maximum Gasteiger partial charge on any atom is 0.240 e. The van der Waals surface area contributed by atoms with E-state index in [2.05, 4.69) is 20.9 Å². The highest BCUT2D eigenvalue weighted by molar-refractivity contribution is 8.00. The topological polar surface area (TPSA) is 81.1 Å². The predicted molar refractivity (Wildman–Crippen MR) is 114 cm³/mol. The number of aromatic nitrogens is 3. The monoisotopic (exact) mass is 429 g/mol. The number of fused-ring (bicyclic) bond motifs is 1. The summed E-state index contributed by atoms with van der Waals surface area (Å²) in [4.78, 5) is 13.2. The minimum absolute atomic E-state index is 0.163. The van der Waals surface area contributed by atoms with E-state index >= 15 is 0 Å². The number of amides is 1. The fourth-order valence-corrected chi connectivity index (χ4v) is 4.44. The lowest BCUT2D eigenvalue weighted by atomic mass is 10.0. The molecule has 2 N–H and O–H groups in total. The SMILES string of the molecule is CCc1nnc2n1N[C@@H](c1ccc(OC)cc1)[C@H](C(=O)Nc1ccccc1Cl)S2. The van der Waals surface area contributed by atoms with Crippen LogP contribution in [0.3, 0.4) is 0 Å². The van der Waals surface area contributed by atoms with Crippen LogP contribution in [0.2, 0.25) is 5.02 Å². The number of carbonyl (C=O) groups is 1. The molecule has 2 heterocycles. The van der Waals surface area contributed by atoms with Gasteiger partial charge in [0.15, 0.2) is 5.82 Å². The van der Waals surface area contributed by atoms with Gasteiger partial charge in [0.05, 0.1) is 23.9 Å². The van der Waals surface area contributed by atoms with Gasteiger partial charge in [-0.2, -0.15) is 0 Å². The number of nitrogens with zero attached hydrogens (tertiary/aromatic N) is 3. The van der Waals surface area contributed by atoms with Crippen LogP contribution in [0.4, 0.5) is 5.69 Å². The summed E-state index contributed by atoms with van der Waals surface area (Å²) < 4.78 is 7.12. The molecule has 0 saturated carbocycles. The molecule has 1 aromatic heterocycles. The Kier molecular flexibility index (Phi) is 5.64. The number of ether oxygens (including phenoxy) is 1. The molecule has 3 aromatic rings. The van der Waals surface area contributed by atoms with Crippen LogP contribution in [-0.4, -0.2) is 33.1 Å². The van der Waals surface area contributed by atoms with Crippen molar-refractivity contribution < 1.29 is 9.53 Å². The van der Waals surface area contributed by atoms with Gasteiger partial charge in [0.25, 0.3) is 0 Å². The molecule has 150 valence electrons. The van der Waals surface area contributed by atoms with Gasteiger partial charge in [0, 0.05) is 6.42 Å². The largest absolute Gasteiger partial charge is 0.497 e. The van der Waals surface area contributed by atoms with Crippen LogP contribution in [0.15, 0.2) is 53.7 Å². The van der Waals surface area contributed by atoms with Crippen LogP contribution in [-0.2, 0) is 11.2 Å². The molecule has 0 spiro atoms. The first-order chi connectivity index (χ1) is 14.1. The molecule has 2 aromatic carbocycles. The van der Waals surface area contributed by atoms with E-state index < -0.39 is 5.25 Å². The normalized spacial score (nSPS) is 17.9. The zero-order valence-corrected chi connectivity index (χ0v) is 17.5. The minimum atomic E-state index is -0.471. The first-order valence-electron chi connectivity index (χ1n) is 9.17. The van der Waals surface area contributed by atoms with Gasteiger partial charge in [-0.05, 0) is 29.8 Å². The van der Waals surface area contributed by atoms with Crippen molar-refractivity contribution in [2.75, 3.05) is 17.9 Å². The number of nitrogens with one attached hydrogen (secondary N) is 2. The summed E-state index contributed by atoms with van der Waals surface area (Å²) >= 11 is 7.60. The molecular formula is C20H20ClN5O2S. The van der Waals surface area contributed by atoms with Crippen LogP contribution in [0.5, 0.6) is 5.75 Å². The van der Waals surface area contributed by atoms with Gasteiger partial charge in [-0.1, -0.05) is 54.6 Å². The lowest BCUT2D eigenvalue weighted by Crippen LogP contribution is -2.41. The highest BCUT2D eigenvalue weighted by atomic mass is 35.5. The number of aryl methyl sites for hydroxylation is 1. The number of thioether (sulfide) groups is 1. The van der Waals surface area contributed by atoms with E-state index in [-0.39, 0.29) is 11.9 Å². The Morgan fingerprint density at radius 1 is 1.24 bits per heavy atom. The van der Waals surface area contributed by atoms with Crippen molar-refractivity contribution in [3.63, 3.8) is 0 Å². The third-order valence-corrected chi connectivity index (χ3v) is 6.23. The molecular weight excluding hydrogens is 410 g/mol. The van der Waals surface area contributed by atoms with Crippen LogP contribution in [0.1, 0.15) is 24.4 Å². The highest BCUT2D eigenvalue weighted by Crippen LogP contribution is 2.38. The fourth-order valence-electron chi connectivity index (χ4n) is 3.16. The molecule has 4 rings (SSSR count). The maximum atomic E-state index is 13.2. The smallest absolute Gasteiger partial charge is 0.240 e. The Hall–Kier alpha value is -2.71. The second kappa shape index (κ2) is 8.34. The van der Waals surface area contributed by atoms with Gasteiger partial charge < -0.3 is 15.5 Å². The molecule has 0 radical (unpaired) electrons. The first-order valence-corrected chi connectivity index (χ1v) is 10.4. The summed E-state index contributed by atoms with van der Waals surface area (Å²) in [5, 5.41) is 12.1. The summed E-state index contributed by atoms with van der Waals surface area (Å²) in [5.41, 5.74) is 4.95. The summed E-state index contributed by atoms with van der Waals surface area (Å²) in [6.07, 6.45) is 0.729. The summed E-state index contributed by atoms with van der Waals surface area (Å²) in [5.74, 6) is 1.41. The van der Waals surface area contributed by atoms with Crippen molar-refractivity contribution in [1.82, 2.24) is 14.9 Å². The Morgan fingerprint density at radius 2 is 2.00 bits per heavy atom. The minimum Gasteiger partial charge on any atom is -0.497 e. The number of para-hydroxylation sites is 1. The molecule has 0 aliphatic carbocycles. The number of hydrogen-bond donors (Lipinski definition) is 2. The third-order valence-electron chi connectivity index (χ3n) is 4.68. The molecule has 1 aliphatic rings. The zero-order valence-electron chi connectivity index (χ0n) is 15.9. The van der Waals surface area contributed by atoms with Crippen LogP contribution < -0.4 is 15.5 Å². The molecule has 0 saturated heterocycles. The second-order valence-electron chi connectivity index (χ2n) is 6.48. The van der Waals surface area contributed by atoms with Crippen LogP contribution >= 0.6 is 23.4 Å². The van der Waals surface area contributed by atoms with Gasteiger partial charge >= 0.3 is 0 Å². The lowest BCUT2D eigenvalue weighted by molar-refractivity contribution is -0.116. The lowest BCUT2D eigenvalue weighted by Gasteiger charge is -2.33. The molecule has 2 atom stereocenters. The molecule has 0 bridgehead atoms. The van der Waals surface area contributed by atoms with E-state index in [0.29, 0.717) is 15.9 Å². The van der Waals surface area contributed by atoms with E-state index in [0.717, 1.165) is 23.6 Å². The number of benzene rings is 2. The number of halogens is 1. The second-order valence-corrected chi connectivity index (χ2v) is 7.99. The average Bonchev–Trinajstić information content (AvgIpc) is 3.16. The predicted octanol–water partition coefficient (Wildman–Crippen LogP) is 3.90. The Bertz CT molecular complexity index is 1020. The number of rotatable bonds is 5. The van der Waals surface area contributed by atoms with E-state index in [1.165, 1.54) is 11.8 Å². The van der Waals surface area contributed by atoms with Crippen LogP contribution in [0, 0.1) is 0 Å². The number of methoxy groups -OCH3 is 1. The van der Waals surface area contributed by atoms with Gasteiger partial charge in [-0.15, -0.1) is 10.2 Å². The Labute approximate surface area is 177 Å². The third kappa shape index (κ3) is 3.90. The molecule has 7 nitrogen and oxygen atoms in total. The maximum absolute atomic E-state index is 13.2. The fraction of sp³-hybridized carbons (Fsp3) is 0.250. The van der Waals surface area contributed by atoms with Crippen molar-refractivity contribution in [2.24, 2.45) is 0 Å². The summed E-state index contributed by atoms with van der Waals surface area (Å²) in [6.45, 7) is 2.02. The van der Waals surface area contributed by atoms with Crippen molar-refractivity contribution in [2.45, 2.75) is 29.8 Å². The molecule has 0 unspecified atom stereocenters. The molecule has 1 amide bonds. The van der Waals surface area contributed by atoms with Crippen molar-refractivity contribution >= 4 is 35.0 Å². The van der Waals surface area contributed by atoms with E-state index in [4.69, 9.17) is 16.3 Å². The van der Waals surface area contributed by atoms with Crippen LogP contribution in [0.25, 0.3) is 0 Å². The molecule has 0 fully saturated rings. The first kappa shape index (κ1) is 19.6. The van der Waals surface area contributed by atoms with Gasteiger partial charge in [0.1, 0.15) is 11.0 Å². The Morgan fingerprint density at radius 3 is 2.69 bits per heavy atom. The van der Waals surface area contributed by atoms with E-state index in [1.54, 1.807) is 19.2 Å². The Balaban J connectivity index is 1.68. The standard InChI is InChI=1S/C20H20ClN5O2S/c1-3-16-23-24-20-26(16)25-17(12-8-10-13(28-2)11-9-12)18(29-20)19(27)22-15-7-5-4-6-14(15)21/h4-11,17-18,25H,3H2,1-2H3,(H,22,27)/t17-,18+/m0/s1. The zero-order chi connectivity index (χ0) is 20.4. The van der Waals surface area contributed by atoms with Crippen molar-refractivity contribution in [3.05, 3.63) is 64.9 Å². The average molecular weight is 430 g/mol. The highest BCUT2D eigenvalue weighted by Gasteiger charge is 2.37. The molecule has 1 aliphatic heterocycles. The number of anilines is 1. The quantitative estimate of drug-likeness (QED) is 0.640. The van der Waals surface area contributed by atoms with Gasteiger partial charge in [-0.25, -0.2) is 4.68 Å². The van der Waals surface area contributed by atoms with Gasteiger partial charge in [0.2, 0.25) is 11.1 Å². The molecule has 29 heavy (non-hydrogen) atoms. The van der Waals surface area contributed by atoms with Crippen molar-refractivity contribution in [3.8, 4) is 5.75 Å². The molecule has 9 heteroatoms. The number of hydrogen-bond acceptors (Lipinski definition) is 6. The number of carbonyl (C=O) groups excluding carboxylic acids is 1. The summed E-state index contributed by atoms with van der Waals surface area (Å²) in [7, 11) is 1.63.